The summed E-state index contributed by atoms with van der Waals surface area (Å²) in [5.41, 5.74) is 8.93. The summed E-state index contributed by atoms with van der Waals surface area (Å²) in [5, 5.41) is 1.31. The molecule has 2 bridgehead atoms. The SMILES string of the molecule is Cc1ccc2c(c1-c1ccc3ccccc3[n+]1C)C1CCC2CC1. The molecule has 0 amide bonds. The standard InChI is InChI=1S/C23H24N/c1-15-7-13-19-16-8-10-18(11-9-16)23(19)22(15)21-14-12-17-5-3-4-6-20(17)24(21)2/h3-7,12-14,16,18H,8-11H2,1-2H3/q+1. The lowest BCUT2D eigenvalue weighted by Gasteiger charge is -2.39. The molecule has 120 valence electrons. The Labute approximate surface area is 144 Å². The largest absolute Gasteiger partial charge is 0.213 e. The number of benzene rings is 2. The second-order valence-electron chi connectivity index (χ2n) is 7.65. The summed E-state index contributed by atoms with van der Waals surface area (Å²) in [6.45, 7) is 2.28. The van der Waals surface area contributed by atoms with Crippen LogP contribution in [0.2, 0.25) is 0 Å². The predicted molar refractivity (Wildman–Crippen MR) is 99.2 cm³/mol. The quantitative estimate of drug-likeness (QED) is 0.530. The number of aryl methyl sites for hydroxylation is 2. The number of hydrogen-bond donors (Lipinski definition) is 0. The van der Waals surface area contributed by atoms with Gasteiger partial charge in [-0.05, 0) is 73.3 Å². The number of hydrogen-bond acceptors (Lipinski definition) is 0. The summed E-state index contributed by atoms with van der Waals surface area (Å²) in [5.74, 6) is 1.57. The van der Waals surface area contributed by atoms with Crippen LogP contribution in [0.15, 0.2) is 48.5 Å². The van der Waals surface area contributed by atoms with Crippen LogP contribution in [0.1, 0.15) is 54.2 Å². The minimum atomic E-state index is 0.770. The Balaban J connectivity index is 1.82. The number of rotatable bonds is 1. The lowest BCUT2D eigenvalue weighted by molar-refractivity contribution is -0.633. The third-order valence-corrected chi connectivity index (χ3v) is 6.40. The molecule has 0 atom stereocenters. The highest BCUT2D eigenvalue weighted by atomic mass is 14.9. The van der Waals surface area contributed by atoms with E-state index < -0.39 is 0 Å². The van der Waals surface area contributed by atoms with E-state index >= 15 is 0 Å². The van der Waals surface area contributed by atoms with Crippen LogP contribution >= 0.6 is 0 Å². The molecule has 6 rings (SSSR count). The lowest BCUT2D eigenvalue weighted by atomic mass is 9.65. The fourth-order valence-corrected chi connectivity index (χ4v) is 5.17. The van der Waals surface area contributed by atoms with Crippen LogP contribution in [0.25, 0.3) is 22.2 Å². The van der Waals surface area contributed by atoms with E-state index in [4.69, 9.17) is 0 Å². The molecule has 3 aliphatic rings. The fourth-order valence-electron chi connectivity index (χ4n) is 5.17. The molecule has 1 saturated carbocycles. The van der Waals surface area contributed by atoms with Crippen LogP contribution in [0, 0.1) is 6.92 Å². The Morgan fingerprint density at radius 3 is 2.42 bits per heavy atom. The maximum atomic E-state index is 2.42. The lowest BCUT2D eigenvalue weighted by Crippen LogP contribution is -2.33. The summed E-state index contributed by atoms with van der Waals surface area (Å²) in [4.78, 5) is 0. The number of fused-ring (bicyclic) bond motifs is 3. The first-order chi connectivity index (χ1) is 11.7. The molecule has 1 heteroatoms. The van der Waals surface area contributed by atoms with Gasteiger partial charge in [0.25, 0.3) is 0 Å². The normalized spacial score (nSPS) is 21.9. The minimum Gasteiger partial charge on any atom is -0.194 e. The van der Waals surface area contributed by atoms with E-state index in [1.807, 2.05) is 0 Å². The summed E-state index contributed by atoms with van der Waals surface area (Å²) < 4.78 is 2.39. The van der Waals surface area contributed by atoms with Crippen LogP contribution in [-0.4, -0.2) is 0 Å². The van der Waals surface area contributed by atoms with Gasteiger partial charge < -0.3 is 0 Å². The molecule has 0 aliphatic heterocycles. The van der Waals surface area contributed by atoms with E-state index in [1.165, 1.54) is 53.4 Å². The van der Waals surface area contributed by atoms with Gasteiger partial charge in [-0.2, -0.15) is 4.57 Å². The summed E-state index contributed by atoms with van der Waals surface area (Å²) in [7, 11) is 2.22. The fraction of sp³-hybridized carbons (Fsp3) is 0.348. The van der Waals surface area contributed by atoms with Crippen molar-refractivity contribution < 1.29 is 4.57 Å². The third-order valence-electron chi connectivity index (χ3n) is 6.40. The first-order valence-corrected chi connectivity index (χ1v) is 9.25. The van der Waals surface area contributed by atoms with Crippen molar-refractivity contribution in [3.63, 3.8) is 0 Å². The summed E-state index contributed by atoms with van der Waals surface area (Å²) in [6.07, 6.45) is 5.55. The van der Waals surface area contributed by atoms with Crippen molar-refractivity contribution >= 4 is 10.9 Å². The van der Waals surface area contributed by atoms with E-state index in [1.54, 1.807) is 11.1 Å². The molecule has 24 heavy (non-hydrogen) atoms. The van der Waals surface area contributed by atoms with Crippen LogP contribution in [0.3, 0.4) is 0 Å². The second kappa shape index (κ2) is 5.17. The van der Waals surface area contributed by atoms with Gasteiger partial charge in [0.05, 0.1) is 5.56 Å². The number of aromatic nitrogens is 1. The van der Waals surface area contributed by atoms with Gasteiger partial charge in [-0.3, -0.25) is 0 Å². The van der Waals surface area contributed by atoms with Gasteiger partial charge >= 0.3 is 0 Å². The summed E-state index contributed by atoms with van der Waals surface area (Å²) >= 11 is 0. The first kappa shape index (κ1) is 14.2. The Morgan fingerprint density at radius 1 is 0.833 bits per heavy atom. The zero-order valence-corrected chi connectivity index (χ0v) is 14.5. The van der Waals surface area contributed by atoms with Crippen molar-refractivity contribution in [2.45, 2.75) is 44.4 Å². The van der Waals surface area contributed by atoms with Gasteiger partial charge in [0.15, 0.2) is 0 Å². The number of pyridine rings is 1. The van der Waals surface area contributed by atoms with Gasteiger partial charge in [-0.1, -0.05) is 24.3 Å². The van der Waals surface area contributed by atoms with Crippen molar-refractivity contribution in [3.05, 3.63) is 65.2 Å². The molecule has 0 N–H and O–H groups in total. The van der Waals surface area contributed by atoms with Gasteiger partial charge in [-0.15, -0.1) is 0 Å². The molecule has 0 spiro atoms. The van der Waals surface area contributed by atoms with Crippen LogP contribution in [0.4, 0.5) is 0 Å². The average molecular weight is 314 g/mol. The maximum Gasteiger partial charge on any atom is 0.213 e. The molecule has 1 fully saturated rings. The average Bonchev–Trinajstić information content (AvgIpc) is 2.64. The molecule has 1 aromatic heterocycles. The molecule has 2 aromatic carbocycles. The van der Waals surface area contributed by atoms with Crippen molar-refractivity contribution in [1.82, 2.24) is 0 Å². The zero-order chi connectivity index (χ0) is 16.3. The molecule has 1 heterocycles. The Bertz CT molecular complexity index is 946. The minimum absolute atomic E-state index is 0.770. The molecule has 0 unspecified atom stereocenters. The van der Waals surface area contributed by atoms with Crippen molar-refractivity contribution in [2.75, 3.05) is 0 Å². The second-order valence-corrected chi connectivity index (χ2v) is 7.65. The van der Waals surface area contributed by atoms with Crippen molar-refractivity contribution in [2.24, 2.45) is 7.05 Å². The Hall–Kier alpha value is -2.15. The smallest absolute Gasteiger partial charge is 0.194 e. The van der Waals surface area contributed by atoms with Gasteiger partial charge in [-0.25, -0.2) is 0 Å². The highest BCUT2D eigenvalue weighted by Crippen LogP contribution is 2.52. The van der Waals surface area contributed by atoms with Gasteiger partial charge in [0.1, 0.15) is 7.05 Å². The van der Waals surface area contributed by atoms with E-state index in [0.717, 1.165) is 11.8 Å². The molecule has 3 aromatic rings. The molecule has 0 radical (unpaired) electrons. The number of para-hydroxylation sites is 1. The van der Waals surface area contributed by atoms with Crippen LogP contribution in [0.5, 0.6) is 0 Å². The van der Waals surface area contributed by atoms with Crippen LogP contribution in [-0.2, 0) is 7.05 Å². The Kier molecular flexibility index (Phi) is 3.06. The zero-order valence-electron chi connectivity index (χ0n) is 14.5. The molecule has 0 saturated heterocycles. The molecular weight excluding hydrogens is 290 g/mol. The predicted octanol–water partition coefficient (Wildman–Crippen LogP) is 5.39. The molecular formula is C23H24N+. The van der Waals surface area contributed by atoms with Crippen molar-refractivity contribution in [3.8, 4) is 11.3 Å². The topological polar surface area (TPSA) is 3.88 Å². The van der Waals surface area contributed by atoms with Crippen LogP contribution < -0.4 is 4.57 Å². The monoisotopic (exact) mass is 314 g/mol. The first-order valence-electron chi connectivity index (χ1n) is 9.25. The highest BCUT2D eigenvalue weighted by molar-refractivity contribution is 5.79. The van der Waals surface area contributed by atoms with Gasteiger partial charge in [0, 0.05) is 17.5 Å². The number of nitrogens with zero attached hydrogens (tertiary/aromatic N) is 1. The van der Waals surface area contributed by atoms with Gasteiger partial charge in [0.2, 0.25) is 11.2 Å². The van der Waals surface area contributed by atoms with E-state index in [9.17, 15) is 0 Å². The summed E-state index contributed by atoms with van der Waals surface area (Å²) in [6, 6.07) is 18.1. The molecule has 1 nitrogen and oxygen atoms in total. The van der Waals surface area contributed by atoms with E-state index in [2.05, 4.69) is 67.1 Å². The molecule has 3 aliphatic carbocycles. The van der Waals surface area contributed by atoms with E-state index in [-0.39, 0.29) is 0 Å². The third kappa shape index (κ3) is 1.90. The highest BCUT2D eigenvalue weighted by Gasteiger charge is 2.36. The van der Waals surface area contributed by atoms with Crippen molar-refractivity contribution in [1.29, 1.82) is 0 Å². The van der Waals surface area contributed by atoms with E-state index in [0.29, 0.717) is 0 Å². The Morgan fingerprint density at radius 2 is 1.58 bits per heavy atom. The maximum absolute atomic E-state index is 2.42.